The first-order valence-corrected chi connectivity index (χ1v) is 7.87. The van der Waals surface area contributed by atoms with E-state index in [9.17, 15) is 8.78 Å². The molecular weight excluding hydrogens is 292 g/mol. The summed E-state index contributed by atoms with van der Waals surface area (Å²) in [6, 6.07) is 12.1. The highest BCUT2D eigenvalue weighted by molar-refractivity contribution is 7.98. The van der Waals surface area contributed by atoms with E-state index in [1.165, 1.54) is 11.1 Å². The van der Waals surface area contributed by atoms with Crippen LogP contribution in [0.25, 0.3) is 0 Å². The molecule has 1 N–H and O–H groups in total. The van der Waals surface area contributed by atoms with Crippen molar-refractivity contribution in [3.05, 3.63) is 59.0 Å². The van der Waals surface area contributed by atoms with E-state index in [-0.39, 0.29) is 11.8 Å². The monoisotopic (exact) mass is 311 g/mol. The average molecular weight is 311 g/mol. The molecule has 0 aliphatic rings. The summed E-state index contributed by atoms with van der Waals surface area (Å²) in [5.41, 5.74) is 2.44. The summed E-state index contributed by atoms with van der Waals surface area (Å²) in [4.78, 5) is 0. The Labute approximate surface area is 127 Å². The van der Waals surface area contributed by atoms with Gasteiger partial charge in [-0.3, -0.25) is 0 Å². The van der Waals surface area contributed by atoms with Gasteiger partial charge in [0.15, 0.2) is 0 Å². The Morgan fingerprint density at radius 1 is 1.10 bits per heavy atom. The zero-order valence-corrected chi connectivity index (χ0v) is 12.9. The summed E-state index contributed by atoms with van der Waals surface area (Å²) < 4.78 is 29.7. The zero-order valence-electron chi connectivity index (χ0n) is 12.1. The topological polar surface area (TPSA) is 25.2 Å². The molecule has 2 aromatic rings. The molecule has 0 saturated carbocycles. The molecule has 5 heteroatoms. The van der Waals surface area contributed by atoms with E-state index in [0.717, 1.165) is 5.76 Å². The Bertz CT molecular complexity index is 554. The highest BCUT2D eigenvalue weighted by atomic mass is 32.2. The second-order valence-corrected chi connectivity index (χ2v) is 5.93. The second-order valence-electron chi connectivity index (χ2n) is 4.95. The van der Waals surface area contributed by atoms with E-state index in [4.69, 9.17) is 4.42 Å². The van der Waals surface area contributed by atoms with E-state index >= 15 is 0 Å². The van der Waals surface area contributed by atoms with Gasteiger partial charge in [-0.05, 0) is 31.5 Å². The molecule has 0 aliphatic carbocycles. The molecule has 0 aliphatic heterocycles. The van der Waals surface area contributed by atoms with Crippen LogP contribution < -0.4 is 5.32 Å². The van der Waals surface area contributed by atoms with Gasteiger partial charge >= 0.3 is 0 Å². The highest BCUT2D eigenvalue weighted by Gasteiger charge is 2.09. The molecule has 0 radical (unpaired) electrons. The van der Waals surface area contributed by atoms with Gasteiger partial charge in [0, 0.05) is 6.04 Å². The lowest BCUT2D eigenvalue weighted by molar-refractivity contribution is 0.251. The average Bonchev–Trinajstić information content (AvgIpc) is 2.91. The van der Waals surface area contributed by atoms with Crippen molar-refractivity contribution in [3.63, 3.8) is 0 Å². The first kappa shape index (κ1) is 16.0. The number of alkyl halides is 2. The molecule has 1 atom stereocenters. The summed E-state index contributed by atoms with van der Waals surface area (Å²) >= 11 is 0.573. The Morgan fingerprint density at radius 3 is 2.43 bits per heavy atom. The largest absolute Gasteiger partial charge is 0.464 e. The number of benzene rings is 1. The Hall–Kier alpha value is -1.33. The van der Waals surface area contributed by atoms with Crippen molar-refractivity contribution in [2.45, 2.75) is 37.9 Å². The van der Waals surface area contributed by atoms with Crippen LogP contribution in [0.3, 0.4) is 0 Å². The predicted octanol–water partition coefficient (Wildman–Crippen LogP) is 4.89. The van der Waals surface area contributed by atoms with Gasteiger partial charge in [-0.25, -0.2) is 0 Å². The van der Waals surface area contributed by atoms with Crippen molar-refractivity contribution < 1.29 is 13.2 Å². The highest BCUT2D eigenvalue weighted by Crippen LogP contribution is 2.21. The van der Waals surface area contributed by atoms with Crippen molar-refractivity contribution in [2.24, 2.45) is 0 Å². The van der Waals surface area contributed by atoms with E-state index in [2.05, 4.69) is 43.4 Å². The molecule has 21 heavy (non-hydrogen) atoms. The smallest absolute Gasteiger partial charge is 0.284 e. The molecule has 1 aromatic heterocycles. The van der Waals surface area contributed by atoms with Crippen LogP contribution in [0.1, 0.15) is 35.6 Å². The van der Waals surface area contributed by atoms with Crippen molar-refractivity contribution in [2.75, 3.05) is 0 Å². The maximum atomic E-state index is 12.1. The van der Waals surface area contributed by atoms with Gasteiger partial charge in [0.25, 0.3) is 5.76 Å². The fourth-order valence-corrected chi connectivity index (χ4v) is 2.41. The maximum Gasteiger partial charge on any atom is 0.284 e. The Morgan fingerprint density at radius 2 is 1.76 bits per heavy atom. The molecule has 0 fully saturated rings. The van der Waals surface area contributed by atoms with E-state index in [0.29, 0.717) is 24.1 Å². The number of thioether (sulfide) groups is 1. The third-order valence-electron chi connectivity index (χ3n) is 3.23. The van der Waals surface area contributed by atoms with Crippen molar-refractivity contribution >= 4 is 11.8 Å². The molecule has 0 saturated heterocycles. The molecule has 0 unspecified atom stereocenters. The Balaban J connectivity index is 1.83. The van der Waals surface area contributed by atoms with Gasteiger partial charge in [0.05, 0.1) is 12.3 Å². The minimum absolute atomic E-state index is 0.200. The van der Waals surface area contributed by atoms with Gasteiger partial charge < -0.3 is 9.73 Å². The van der Waals surface area contributed by atoms with Crippen LogP contribution in [0, 0.1) is 6.92 Å². The number of halogens is 2. The first-order valence-electron chi connectivity index (χ1n) is 6.82. The lowest BCUT2D eigenvalue weighted by Crippen LogP contribution is -2.17. The van der Waals surface area contributed by atoms with E-state index in [1.54, 1.807) is 6.07 Å². The van der Waals surface area contributed by atoms with Crippen molar-refractivity contribution in [1.29, 1.82) is 0 Å². The number of hydrogen-bond acceptors (Lipinski definition) is 3. The predicted molar refractivity (Wildman–Crippen MR) is 82.4 cm³/mol. The van der Waals surface area contributed by atoms with Crippen molar-refractivity contribution in [3.8, 4) is 0 Å². The summed E-state index contributed by atoms with van der Waals surface area (Å²) in [5, 5.41) is 3.36. The molecule has 114 valence electrons. The van der Waals surface area contributed by atoms with Gasteiger partial charge in [-0.15, -0.1) is 0 Å². The van der Waals surface area contributed by atoms with E-state index in [1.807, 2.05) is 6.07 Å². The fraction of sp³-hybridized carbons (Fsp3) is 0.375. The normalized spacial score (nSPS) is 12.8. The van der Waals surface area contributed by atoms with Gasteiger partial charge in [-0.1, -0.05) is 41.6 Å². The molecule has 0 amide bonds. The minimum atomic E-state index is -2.36. The summed E-state index contributed by atoms with van der Waals surface area (Å²) in [5.74, 6) is -0.817. The number of rotatable bonds is 7. The summed E-state index contributed by atoms with van der Waals surface area (Å²) in [6.45, 7) is 4.72. The summed E-state index contributed by atoms with van der Waals surface area (Å²) in [6.07, 6.45) is 0. The molecule has 2 rings (SSSR count). The third kappa shape index (κ3) is 5.17. The van der Waals surface area contributed by atoms with Gasteiger partial charge in [0.2, 0.25) is 0 Å². The van der Waals surface area contributed by atoms with Gasteiger partial charge in [0.1, 0.15) is 11.5 Å². The molecular formula is C16H19F2NOS. The third-order valence-corrected chi connectivity index (χ3v) is 3.93. The molecule has 2 nitrogen and oxygen atoms in total. The van der Waals surface area contributed by atoms with Gasteiger partial charge in [-0.2, -0.15) is 8.78 Å². The zero-order chi connectivity index (χ0) is 15.2. The quantitative estimate of drug-likeness (QED) is 0.787. The van der Waals surface area contributed by atoms with Crippen LogP contribution in [-0.2, 0) is 12.3 Å². The fourth-order valence-electron chi connectivity index (χ4n) is 1.97. The molecule has 1 heterocycles. The van der Waals surface area contributed by atoms with Crippen LogP contribution in [0.2, 0.25) is 0 Å². The number of furan rings is 1. The van der Waals surface area contributed by atoms with Crippen LogP contribution in [0.15, 0.2) is 40.8 Å². The van der Waals surface area contributed by atoms with Crippen LogP contribution in [0.4, 0.5) is 8.78 Å². The first-order chi connectivity index (χ1) is 10.0. The second kappa shape index (κ2) is 7.61. The van der Waals surface area contributed by atoms with Crippen LogP contribution >= 0.6 is 11.8 Å². The molecule has 0 bridgehead atoms. The van der Waals surface area contributed by atoms with Crippen LogP contribution in [-0.4, -0.2) is 5.76 Å². The standard InChI is InChI=1S/C16H19F2NOS/c1-11-3-5-13(6-4-11)12(2)19-9-14-7-8-15(20-14)10-21-16(17)18/h3-8,12,16,19H,9-10H2,1-2H3/t12-/m0/s1. The lowest BCUT2D eigenvalue weighted by atomic mass is 10.1. The number of nitrogens with one attached hydrogen (secondary N) is 1. The molecule has 0 spiro atoms. The van der Waals surface area contributed by atoms with Crippen LogP contribution in [0.5, 0.6) is 0 Å². The number of hydrogen-bond donors (Lipinski definition) is 1. The Kier molecular flexibility index (Phi) is 5.82. The maximum absolute atomic E-state index is 12.1. The molecule has 1 aromatic carbocycles. The summed E-state index contributed by atoms with van der Waals surface area (Å²) in [7, 11) is 0. The van der Waals surface area contributed by atoms with Crippen molar-refractivity contribution in [1.82, 2.24) is 5.32 Å². The number of aryl methyl sites for hydroxylation is 1. The lowest BCUT2D eigenvalue weighted by Gasteiger charge is -2.13. The minimum Gasteiger partial charge on any atom is -0.464 e. The SMILES string of the molecule is Cc1ccc([C@H](C)NCc2ccc(CSC(F)F)o2)cc1. The van der Waals surface area contributed by atoms with E-state index < -0.39 is 5.76 Å².